The number of carbonyl (C=O) groups excluding carboxylic acids is 1. The highest BCUT2D eigenvalue weighted by Crippen LogP contribution is 2.24. The summed E-state index contributed by atoms with van der Waals surface area (Å²) in [6, 6.07) is 14.9. The van der Waals surface area contributed by atoms with Crippen molar-refractivity contribution < 1.29 is 9.18 Å². The van der Waals surface area contributed by atoms with Gasteiger partial charge in [-0.2, -0.15) is 0 Å². The molecule has 0 unspecified atom stereocenters. The summed E-state index contributed by atoms with van der Waals surface area (Å²) in [6.07, 6.45) is 2.50. The monoisotopic (exact) mass is 355 g/mol. The van der Waals surface area contributed by atoms with E-state index in [-0.39, 0.29) is 11.7 Å². The molecule has 0 bridgehead atoms. The van der Waals surface area contributed by atoms with Gasteiger partial charge in [-0.15, -0.1) is 0 Å². The lowest BCUT2D eigenvalue weighted by Gasteiger charge is -2.37. The minimum atomic E-state index is -0.163. The number of para-hydroxylation sites is 1. The van der Waals surface area contributed by atoms with E-state index in [2.05, 4.69) is 22.0 Å². The number of anilines is 3. The number of unbranched alkanes of at least 4 members (excludes halogenated alkanes) is 1. The number of halogens is 1. The number of nitrogens with zero attached hydrogens (tertiary/aromatic N) is 2. The van der Waals surface area contributed by atoms with Crippen LogP contribution in [0.4, 0.5) is 21.5 Å². The number of amides is 1. The van der Waals surface area contributed by atoms with Crippen LogP contribution < -0.4 is 15.1 Å². The van der Waals surface area contributed by atoms with E-state index in [1.54, 1.807) is 6.07 Å². The van der Waals surface area contributed by atoms with E-state index in [4.69, 9.17) is 0 Å². The quantitative estimate of drug-likeness (QED) is 0.840. The Balaban J connectivity index is 1.55. The van der Waals surface area contributed by atoms with Crippen LogP contribution in [0.1, 0.15) is 26.2 Å². The Hall–Kier alpha value is -2.56. The van der Waals surface area contributed by atoms with E-state index in [1.807, 2.05) is 36.4 Å². The van der Waals surface area contributed by atoms with Crippen LogP contribution in [-0.4, -0.2) is 32.1 Å². The fourth-order valence-electron chi connectivity index (χ4n) is 3.23. The van der Waals surface area contributed by atoms with Crippen LogP contribution in [0, 0.1) is 5.82 Å². The van der Waals surface area contributed by atoms with Gasteiger partial charge in [0.2, 0.25) is 5.91 Å². The van der Waals surface area contributed by atoms with Crippen molar-refractivity contribution in [2.45, 2.75) is 26.2 Å². The van der Waals surface area contributed by atoms with Crippen molar-refractivity contribution in [1.82, 2.24) is 0 Å². The van der Waals surface area contributed by atoms with Gasteiger partial charge in [-0.05, 0) is 42.8 Å². The minimum Gasteiger partial charge on any atom is -0.368 e. The van der Waals surface area contributed by atoms with Crippen molar-refractivity contribution in [3.63, 3.8) is 0 Å². The summed E-state index contributed by atoms with van der Waals surface area (Å²) in [5.74, 6) is -0.0952. The zero-order valence-electron chi connectivity index (χ0n) is 15.2. The van der Waals surface area contributed by atoms with Gasteiger partial charge in [0.25, 0.3) is 0 Å². The van der Waals surface area contributed by atoms with Gasteiger partial charge in [-0.1, -0.05) is 25.5 Å². The van der Waals surface area contributed by atoms with Crippen LogP contribution in [-0.2, 0) is 4.79 Å². The molecule has 0 radical (unpaired) electrons. The van der Waals surface area contributed by atoms with Crippen LogP contribution in [0.5, 0.6) is 0 Å². The van der Waals surface area contributed by atoms with E-state index in [1.165, 1.54) is 6.07 Å². The van der Waals surface area contributed by atoms with E-state index in [9.17, 15) is 9.18 Å². The van der Waals surface area contributed by atoms with Crippen molar-refractivity contribution in [2.24, 2.45) is 0 Å². The minimum absolute atomic E-state index is 0.0677. The molecular formula is C21H26FN3O. The molecule has 0 aromatic heterocycles. The van der Waals surface area contributed by atoms with E-state index < -0.39 is 0 Å². The molecule has 1 amide bonds. The molecule has 5 heteroatoms. The highest BCUT2D eigenvalue weighted by atomic mass is 19.1. The van der Waals surface area contributed by atoms with Gasteiger partial charge in [0.1, 0.15) is 5.82 Å². The standard InChI is InChI=1S/C21H26FN3O/c1-2-3-8-21(26)23-17-9-11-18(12-10-17)24-13-15-25(16-14-24)20-7-5-4-6-19(20)22/h4-7,9-12H,2-3,8,13-16H2,1H3,(H,23,26). The van der Waals surface area contributed by atoms with Gasteiger partial charge < -0.3 is 15.1 Å². The Kier molecular flexibility index (Phi) is 6.10. The predicted molar refractivity (Wildman–Crippen MR) is 105 cm³/mol. The van der Waals surface area contributed by atoms with Crippen molar-refractivity contribution in [3.8, 4) is 0 Å². The third-order valence-corrected chi connectivity index (χ3v) is 4.75. The van der Waals surface area contributed by atoms with Crippen molar-refractivity contribution in [2.75, 3.05) is 41.3 Å². The first-order valence-corrected chi connectivity index (χ1v) is 9.31. The van der Waals surface area contributed by atoms with Crippen LogP contribution in [0.3, 0.4) is 0 Å². The number of benzene rings is 2. The molecule has 1 aliphatic heterocycles. The molecule has 2 aromatic carbocycles. The lowest BCUT2D eigenvalue weighted by molar-refractivity contribution is -0.116. The second kappa shape index (κ2) is 8.70. The average molecular weight is 355 g/mol. The van der Waals surface area contributed by atoms with E-state index in [0.29, 0.717) is 12.1 Å². The molecule has 3 rings (SSSR count). The number of nitrogens with one attached hydrogen (secondary N) is 1. The molecule has 1 heterocycles. The summed E-state index contributed by atoms with van der Waals surface area (Å²) < 4.78 is 13.9. The Morgan fingerprint density at radius 2 is 1.65 bits per heavy atom. The molecular weight excluding hydrogens is 329 g/mol. The molecule has 1 saturated heterocycles. The number of carbonyl (C=O) groups is 1. The van der Waals surface area contributed by atoms with Gasteiger partial charge in [0, 0.05) is 44.0 Å². The molecule has 0 saturated carbocycles. The summed E-state index contributed by atoms with van der Waals surface area (Å²) in [5, 5.41) is 2.93. The molecule has 2 aromatic rings. The molecule has 26 heavy (non-hydrogen) atoms. The Morgan fingerprint density at radius 1 is 1.00 bits per heavy atom. The second-order valence-electron chi connectivity index (χ2n) is 6.62. The highest BCUT2D eigenvalue weighted by molar-refractivity contribution is 5.90. The lowest BCUT2D eigenvalue weighted by atomic mass is 10.2. The zero-order valence-corrected chi connectivity index (χ0v) is 15.2. The van der Waals surface area contributed by atoms with E-state index >= 15 is 0 Å². The van der Waals surface area contributed by atoms with Crippen LogP contribution in [0.2, 0.25) is 0 Å². The first kappa shape index (κ1) is 18.2. The molecule has 4 nitrogen and oxygen atoms in total. The van der Waals surface area contributed by atoms with Crippen molar-refractivity contribution >= 4 is 23.0 Å². The lowest BCUT2D eigenvalue weighted by Crippen LogP contribution is -2.46. The average Bonchev–Trinajstić information content (AvgIpc) is 2.68. The molecule has 0 spiro atoms. The fourth-order valence-corrected chi connectivity index (χ4v) is 3.23. The molecule has 1 N–H and O–H groups in total. The Morgan fingerprint density at radius 3 is 2.31 bits per heavy atom. The maximum atomic E-state index is 13.9. The maximum Gasteiger partial charge on any atom is 0.224 e. The predicted octanol–water partition coefficient (Wildman–Crippen LogP) is 4.28. The Bertz CT molecular complexity index is 724. The molecule has 0 aliphatic carbocycles. The SMILES string of the molecule is CCCCC(=O)Nc1ccc(N2CCN(c3ccccc3F)CC2)cc1. The largest absolute Gasteiger partial charge is 0.368 e. The number of piperazine rings is 1. The first-order chi connectivity index (χ1) is 12.7. The third-order valence-electron chi connectivity index (χ3n) is 4.75. The Labute approximate surface area is 154 Å². The van der Waals surface area contributed by atoms with Crippen LogP contribution in [0.25, 0.3) is 0 Å². The van der Waals surface area contributed by atoms with Gasteiger partial charge >= 0.3 is 0 Å². The van der Waals surface area contributed by atoms with Crippen molar-refractivity contribution in [3.05, 3.63) is 54.3 Å². The van der Waals surface area contributed by atoms with Crippen LogP contribution >= 0.6 is 0 Å². The summed E-state index contributed by atoms with van der Waals surface area (Å²) in [7, 11) is 0. The summed E-state index contributed by atoms with van der Waals surface area (Å²) in [6.45, 7) is 5.34. The topological polar surface area (TPSA) is 35.6 Å². The van der Waals surface area contributed by atoms with E-state index in [0.717, 1.165) is 50.4 Å². The van der Waals surface area contributed by atoms with Crippen molar-refractivity contribution in [1.29, 1.82) is 0 Å². The van der Waals surface area contributed by atoms with Gasteiger partial charge in [0.15, 0.2) is 0 Å². The van der Waals surface area contributed by atoms with Crippen LogP contribution in [0.15, 0.2) is 48.5 Å². The smallest absolute Gasteiger partial charge is 0.224 e. The molecule has 0 atom stereocenters. The fraction of sp³-hybridized carbons (Fsp3) is 0.381. The second-order valence-corrected chi connectivity index (χ2v) is 6.62. The summed E-state index contributed by atoms with van der Waals surface area (Å²) in [4.78, 5) is 16.2. The molecule has 1 aliphatic rings. The normalized spacial score (nSPS) is 14.4. The number of hydrogen-bond donors (Lipinski definition) is 1. The summed E-state index contributed by atoms with van der Waals surface area (Å²) in [5.41, 5.74) is 2.64. The zero-order chi connectivity index (χ0) is 18.4. The first-order valence-electron chi connectivity index (χ1n) is 9.31. The van der Waals surface area contributed by atoms with Gasteiger partial charge in [0.05, 0.1) is 5.69 Å². The number of rotatable bonds is 6. The third kappa shape index (κ3) is 4.54. The number of hydrogen-bond acceptors (Lipinski definition) is 3. The summed E-state index contributed by atoms with van der Waals surface area (Å²) >= 11 is 0. The maximum absolute atomic E-state index is 13.9. The van der Waals surface area contributed by atoms with Gasteiger partial charge in [-0.3, -0.25) is 4.79 Å². The molecule has 1 fully saturated rings. The molecule has 138 valence electrons. The van der Waals surface area contributed by atoms with Gasteiger partial charge in [-0.25, -0.2) is 4.39 Å². The highest BCUT2D eigenvalue weighted by Gasteiger charge is 2.19.